The van der Waals surface area contributed by atoms with Crippen molar-refractivity contribution in [2.45, 2.75) is 25.3 Å². The lowest BCUT2D eigenvalue weighted by Crippen LogP contribution is -2.28. The first kappa shape index (κ1) is 13.7. The molecule has 1 saturated carbocycles. The Bertz CT molecular complexity index is 458. The van der Waals surface area contributed by atoms with Gasteiger partial charge in [-0.2, -0.15) is 0 Å². The highest BCUT2D eigenvalue weighted by molar-refractivity contribution is 5.92. The van der Waals surface area contributed by atoms with Crippen LogP contribution >= 0.6 is 0 Å². The van der Waals surface area contributed by atoms with Crippen molar-refractivity contribution < 1.29 is 14.3 Å². The molecule has 1 unspecified atom stereocenters. The van der Waals surface area contributed by atoms with Gasteiger partial charge in [0.15, 0.2) is 0 Å². The maximum Gasteiger partial charge on any atom is 0.226 e. The number of rotatable bonds is 6. The molecular formula is C14H20N2O3. The third kappa shape index (κ3) is 3.61. The van der Waals surface area contributed by atoms with Gasteiger partial charge in [0, 0.05) is 18.5 Å². The Hall–Kier alpha value is -1.75. The molecule has 5 heteroatoms. The van der Waals surface area contributed by atoms with E-state index in [0.717, 1.165) is 12.8 Å². The molecule has 0 bridgehead atoms. The van der Waals surface area contributed by atoms with Crippen LogP contribution in [0.3, 0.4) is 0 Å². The van der Waals surface area contributed by atoms with Crippen LogP contribution in [0.5, 0.6) is 11.5 Å². The molecule has 2 rings (SSSR count). The average Bonchev–Trinajstić information content (AvgIpc) is 3.23. The zero-order chi connectivity index (χ0) is 13.8. The van der Waals surface area contributed by atoms with Crippen molar-refractivity contribution in [1.29, 1.82) is 0 Å². The van der Waals surface area contributed by atoms with E-state index >= 15 is 0 Å². The predicted molar refractivity (Wildman–Crippen MR) is 73.5 cm³/mol. The van der Waals surface area contributed by atoms with Gasteiger partial charge in [0.25, 0.3) is 0 Å². The molecule has 0 aliphatic heterocycles. The van der Waals surface area contributed by atoms with Crippen molar-refractivity contribution in [3.63, 3.8) is 0 Å². The summed E-state index contributed by atoms with van der Waals surface area (Å²) in [7, 11) is 3.14. The molecule has 19 heavy (non-hydrogen) atoms. The van der Waals surface area contributed by atoms with E-state index in [1.54, 1.807) is 32.4 Å². The molecule has 0 spiro atoms. The number of hydrogen-bond acceptors (Lipinski definition) is 4. The second-order valence-electron chi connectivity index (χ2n) is 4.82. The number of nitrogens with two attached hydrogens (primary N) is 1. The summed E-state index contributed by atoms with van der Waals surface area (Å²) < 4.78 is 10.3. The summed E-state index contributed by atoms with van der Waals surface area (Å²) in [6, 6.07) is 5.23. The minimum atomic E-state index is -0.0807. The molecule has 1 fully saturated rings. The third-order valence-corrected chi connectivity index (χ3v) is 3.33. The number of anilines is 1. The molecule has 1 aliphatic carbocycles. The topological polar surface area (TPSA) is 73.6 Å². The van der Waals surface area contributed by atoms with Crippen LogP contribution in [0.4, 0.5) is 5.69 Å². The quantitative estimate of drug-likeness (QED) is 0.821. The SMILES string of the molecule is COc1ccc(NC(=O)CC(N)C2CC2)c(OC)c1. The summed E-state index contributed by atoms with van der Waals surface area (Å²) in [6.07, 6.45) is 2.63. The van der Waals surface area contributed by atoms with Crippen LogP contribution in [-0.4, -0.2) is 26.2 Å². The molecule has 5 nitrogen and oxygen atoms in total. The molecule has 3 N–H and O–H groups in total. The van der Waals surface area contributed by atoms with Crippen LogP contribution in [0.15, 0.2) is 18.2 Å². The normalized spacial score (nSPS) is 15.7. The van der Waals surface area contributed by atoms with Crippen molar-refractivity contribution in [2.75, 3.05) is 19.5 Å². The average molecular weight is 264 g/mol. The van der Waals surface area contributed by atoms with Gasteiger partial charge in [0.05, 0.1) is 19.9 Å². The van der Waals surface area contributed by atoms with Crippen LogP contribution in [0.1, 0.15) is 19.3 Å². The summed E-state index contributed by atoms with van der Waals surface area (Å²) in [5, 5.41) is 2.83. The van der Waals surface area contributed by atoms with Gasteiger partial charge in [-0.05, 0) is 30.9 Å². The lowest BCUT2D eigenvalue weighted by atomic mass is 10.1. The van der Waals surface area contributed by atoms with Crippen LogP contribution in [0.25, 0.3) is 0 Å². The molecule has 1 atom stereocenters. The number of hydrogen-bond donors (Lipinski definition) is 2. The van der Waals surface area contributed by atoms with E-state index in [1.165, 1.54) is 0 Å². The van der Waals surface area contributed by atoms with Gasteiger partial charge in [-0.15, -0.1) is 0 Å². The van der Waals surface area contributed by atoms with Gasteiger partial charge in [-0.1, -0.05) is 0 Å². The summed E-state index contributed by atoms with van der Waals surface area (Å²) in [5.74, 6) is 1.70. The highest BCUT2D eigenvalue weighted by atomic mass is 16.5. The fourth-order valence-corrected chi connectivity index (χ4v) is 2.01. The predicted octanol–water partition coefficient (Wildman–Crippen LogP) is 1.77. The van der Waals surface area contributed by atoms with E-state index in [4.69, 9.17) is 15.2 Å². The van der Waals surface area contributed by atoms with Gasteiger partial charge >= 0.3 is 0 Å². The van der Waals surface area contributed by atoms with Crippen molar-refractivity contribution in [2.24, 2.45) is 11.7 Å². The van der Waals surface area contributed by atoms with E-state index < -0.39 is 0 Å². The Morgan fingerprint density at radius 2 is 2.16 bits per heavy atom. The van der Waals surface area contributed by atoms with Gasteiger partial charge < -0.3 is 20.5 Å². The number of methoxy groups -OCH3 is 2. The summed E-state index contributed by atoms with van der Waals surface area (Å²) in [5.41, 5.74) is 6.57. The lowest BCUT2D eigenvalue weighted by Gasteiger charge is -2.13. The summed E-state index contributed by atoms with van der Waals surface area (Å²) in [6.45, 7) is 0. The Morgan fingerprint density at radius 1 is 1.42 bits per heavy atom. The molecular weight excluding hydrogens is 244 g/mol. The van der Waals surface area contributed by atoms with Gasteiger partial charge in [-0.3, -0.25) is 4.79 Å². The van der Waals surface area contributed by atoms with Crippen LogP contribution < -0.4 is 20.5 Å². The molecule has 1 aromatic rings. The number of carbonyl (C=O) groups is 1. The van der Waals surface area contributed by atoms with Crippen molar-refractivity contribution in [3.05, 3.63) is 18.2 Å². The Kier molecular flexibility index (Phi) is 4.27. The molecule has 0 saturated heterocycles. The second kappa shape index (κ2) is 5.93. The van der Waals surface area contributed by atoms with Gasteiger partial charge in [0.2, 0.25) is 5.91 Å². The van der Waals surface area contributed by atoms with E-state index in [-0.39, 0.29) is 11.9 Å². The number of amides is 1. The minimum Gasteiger partial charge on any atom is -0.497 e. The summed E-state index contributed by atoms with van der Waals surface area (Å²) in [4.78, 5) is 11.9. The van der Waals surface area contributed by atoms with E-state index in [0.29, 0.717) is 29.5 Å². The van der Waals surface area contributed by atoms with Gasteiger partial charge in [-0.25, -0.2) is 0 Å². The molecule has 1 aliphatic rings. The Morgan fingerprint density at radius 3 is 2.74 bits per heavy atom. The molecule has 0 aromatic heterocycles. The smallest absolute Gasteiger partial charge is 0.226 e. The number of benzene rings is 1. The zero-order valence-corrected chi connectivity index (χ0v) is 11.3. The van der Waals surface area contributed by atoms with Crippen molar-refractivity contribution in [1.82, 2.24) is 0 Å². The first-order chi connectivity index (χ1) is 9.13. The third-order valence-electron chi connectivity index (χ3n) is 3.33. The largest absolute Gasteiger partial charge is 0.497 e. The number of nitrogens with one attached hydrogen (secondary N) is 1. The number of carbonyl (C=O) groups excluding carboxylic acids is 1. The maximum absolute atomic E-state index is 11.9. The maximum atomic E-state index is 11.9. The second-order valence-corrected chi connectivity index (χ2v) is 4.82. The Balaban J connectivity index is 1.99. The molecule has 104 valence electrons. The molecule has 1 amide bonds. The highest BCUT2D eigenvalue weighted by Crippen LogP contribution is 2.33. The summed E-state index contributed by atoms with van der Waals surface area (Å²) >= 11 is 0. The van der Waals surface area contributed by atoms with E-state index in [2.05, 4.69) is 5.32 Å². The highest BCUT2D eigenvalue weighted by Gasteiger charge is 2.29. The van der Waals surface area contributed by atoms with Crippen molar-refractivity contribution >= 4 is 11.6 Å². The molecule has 0 radical (unpaired) electrons. The number of ether oxygens (including phenoxy) is 2. The first-order valence-corrected chi connectivity index (χ1v) is 6.41. The van der Waals surface area contributed by atoms with Gasteiger partial charge in [0.1, 0.15) is 11.5 Å². The van der Waals surface area contributed by atoms with Crippen LogP contribution in [0.2, 0.25) is 0 Å². The van der Waals surface area contributed by atoms with E-state index in [9.17, 15) is 4.79 Å². The van der Waals surface area contributed by atoms with Crippen molar-refractivity contribution in [3.8, 4) is 11.5 Å². The fourth-order valence-electron chi connectivity index (χ4n) is 2.01. The molecule has 1 aromatic carbocycles. The lowest BCUT2D eigenvalue weighted by molar-refractivity contribution is -0.116. The Labute approximate surface area is 113 Å². The monoisotopic (exact) mass is 264 g/mol. The van der Waals surface area contributed by atoms with Crippen LogP contribution in [-0.2, 0) is 4.79 Å². The standard InChI is InChI=1S/C14H20N2O3/c1-18-10-5-6-12(13(7-10)19-2)16-14(17)8-11(15)9-3-4-9/h5-7,9,11H,3-4,8,15H2,1-2H3,(H,16,17). The first-order valence-electron chi connectivity index (χ1n) is 6.41. The van der Waals surface area contributed by atoms with E-state index in [1.807, 2.05) is 0 Å². The fraction of sp³-hybridized carbons (Fsp3) is 0.500. The minimum absolute atomic E-state index is 0.0377. The zero-order valence-electron chi connectivity index (χ0n) is 11.3. The molecule has 0 heterocycles. The van der Waals surface area contributed by atoms with Crippen LogP contribution in [0, 0.1) is 5.92 Å².